The van der Waals surface area contributed by atoms with Crippen molar-refractivity contribution >= 4 is 17.3 Å². The van der Waals surface area contributed by atoms with Crippen molar-refractivity contribution in [2.24, 2.45) is 5.73 Å². The molecule has 4 N–H and O–H groups in total. The third-order valence-electron chi connectivity index (χ3n) is 5.82. The van der Waals surface area contributed by atoms with Crippen molar-refractivity contribution in [3.63, 3.8) is 0 Å². The molecule has 0 radical (unpaired) electrons. The predicted molar refractivity (Wildman–Crippen MR) is 126 cm³/mol. The molecule has 0 spiro atoms. The summed E-state index contributed by atoms with van der Waals surface area (Å²) in [6.45, 7) is 4.50. The van der Waals surface area contributed by atoms with Gasteiger partial charge in [0.15, 0.2) is 6.10 Å². The van der Waals surface area contributed by atoms with Gasteiger partial charge in [0.25, 0.3) is 5.91 Å². The van der Waals surface area contributed by atoms with Crippen molar-refractivity contribution < 1.29 is 27.4 Å². The van der Waals surface area contributed by atoms with Crippen LogP contribution in [0.3, 0.4) is 0 Å². The minimum absolute atomic E-state index is 0.0816. The van der Waals surface area contributed by atoms with Gasteiger partial charge in [-0.3, -0.25) is 9.69 Å². The molecule has 0 aromatic heterocycles. The monoisotopic (exact) mass is 488 g/mol. The molecule has 186 valence electrons. The van der Waals surface area contributed by atoms with Crippen molar-refractivity contribution in [3.05, 3.63) is 47.5 Å². The summed E-state index contributed by atoms with van der Waals surface area (Å²) in [6.07, 6.45) is -3.75. The standard InChI is InChI=1S/C25H27F3N4O3/c1-16-4-6-20(17(13-16)3-2-10-32-11-8-18(29)9-12-32)31-24(33)23-15-30-21-14-19(35-25(26,27)28)5-7-22(21)34-23/h4-7,13-14,18,23,30H,8-12,15,29H2,1H3,(H,31,33). The van der Waals surface area contributed by atoms with E-state index in [9.17, 15) is 18.0 Å². The van der Waals surface area contributed by atoms with Crippen LogP contribution in [-0.2, 0) is 4.79 Å². The second-order valence-corrected chi connectivity index (χ2v) is 8.65. The van der Waals surface area contributed by atoms with Crippen LogP contribution in [-0.4, -0.2) is 55.5 Å². The lowest BCUT2D eigenvalue weighted by molar-refractivity contribution is -0.274. The Labute approximate surface area is 201 Å². The molecule has 35 heavy (non-hydrogen) atoms. The first-order valence-corrected chi connectivity index (χ1v) is 11.3. The summed E-state index contributed by atoms with van der Waals surface area (Å²) in [7, 11) is 0. The van der Waals surface area contributed by atoms with E-state index < -0.39 is 18.4 Å². The van der Waals surface area contributed by atoms with E-state index in [0.717, 1.165) is 37.6 Å². The molecule has 1 atom stereocenters. The van der Waals surface area contributed by atoms with Gasteiger partial charge < -0.3 is 25.8 Å². The molecule has 2 aliphatic rings. The molecular formula is C25H27F3N4O3. The molecule has 2 heterocycles. The van der Waals surface area contributed by atoms with Crippen molar-refractivity contribution in [2.45, 2.75) is 38.3 Å². The van der Waals surface area contributed by atoms with E-state index in [2.05, 4.69) is 32.1 Å². The van der Waals surface area contributed by atoms with Crippen LogP contribution in [0.1, 0.15) is 24.0 Å². The number of halogens is 3. The van der Waals surface area contributed by atoms with Crippen molar-refractivity contribution in [1.82, 2.24) is 4.90 Å². The van der Waals surface area contributed by atoms with E-state index in [4.69, 9.17) is 10.5 Å². The van der Waals surface area contributed by atoms with Crippen molar-refractivity contribution in [1.29, 1.82) is 0 Å². The maximum absolute atomic E-state index is 12.9. The van der Waals surface area contributed by atoms with Gasteiger partial charge in [-0.15, -0.1) is 13.2 Å². The number of nitrogens with two attached hydrogens (primary N) is 1. The molecule has 0 aliphatic carbocycles. The molecule has 1 amide bonds. The number of anilines is 2. The van der Waals surface area contributed by atoms with E-state index in [-0.39, 0.29) is 24.1 Å². The molecule has 1 saturated heterocycles. The quantitative estimate of drug-likeness (QED) is 0.572. The smallest absolute Gasteiger partial charge is 0.477 e. The van der Waals surface area contributed by atoms with Gasteiger partial charge >= 0.3 is 6.36 Å². The van der Waals surface area contributed by atoms with Gasteiger partial charge in [-0.25, -0.2) is 0 Å². The van der Waals surface area contributed by atoms with E-state index in [1.165, 1.54) is 12.1 Å². The number of nitrogens with zero attached hydrogens (tertiary/aromatic N) is 1. The van der Waals surface area contributed by atoms with Crippen LogP contribution in [0.25, 0.3) is 0 Å². The van der Waals surface area contributed by atoms with Crippen LogP contribution >= 0.6 is 0 Å². The second-order valence-electron chi connectivity index (χ2n) is 8.65. The van der Waals surface area contributed by atoms with Crippen LogP contribution in [0.2, 0.25) is 0 Å². The zero-order valence-corrected chi connectivity index (χ0v) is 19.2. The molecule has 1 fully saturated rings. The number of fused-ring (bicyclic) bond motifs is 1. The Morgan fingerprint density at radius 3 is 2.77 bits per heavy atom. The highest BCUT2D eigenvalue weighted by Gasteiger charge is 2.32. The maximum Gasteiger partial charge on any atom is 0.573 e. The number of benzene rings is 2. The maximum atomic E-state index is 12.9. The lowest BCUT2D eigenvalue weighted by atomic mass is 10.1. The summed E-state index contributed by atoms with van der Waals surface area (Å²) < 4.78 is 47.0. The summed E-state index contributed by atoms with van der Waals surface area (Å²) >= 11 is 0. The first kappa shape index (κ1) is 24.7. The van der Waals surface area contributed by atoms with Crippen LogP contribution < -0.4 is 25.8 Å². The molecule has 4 rings (SSSR count). The summed E-state index contributed by atoms with van der Waals surface area (Å²) in [5, 5.41) is 5.79. The van der Waals surface area contributed by atoms with Gasteiger partial charge in [-0.1, -0.05) is 17.9 Å². The first-order valence-electron chi connectivity index (χ1n) is 11.3. The number of hydrogen-bond donors (Lipinski definition) is 3. The third-order valence-corrected chi connectivity index (χ3v) is 5.82. The number of likely N-dealkylation sites (tertiary alicyclic amines) is 1. The Kier molecular flexibility index (Phi) is 7.38. The Bertz CT molecular complexity index is 1130. The van der Waals surface area contributed by atoms with Gasteiger partial charge in [0.2, 0.25) is 0 Å². The summed E-state index contributed by atoms with van der Waals surface area (Å²) in [4.78, 5) is 15.2. The van der Waals surface area contributed by atoms with Gasteiger partial charge in [-0.05, 0) is 49.6 Å². The number of carbonyl (C=O) groups is 1. The largest absolute Gasteiger partial charge is 0.573 e. The number of nitrogens with one attached hydrogen (secondary N) is 2. The molecule has 2 aliphatic heterocycles. The number of ether oxygens (including phenoxy) is 2. The van der Waals surface area contributed by atoms with Gasteiger partial charge in [0.1, 0.15) is 11.5 Å². The van der Waals surface area contributed by atoms with E-state index in [1.54, 1.807) is 6.07 Å². The second kappa shape index (κ2) is 10.5. The first-order chi connectivity index (χ1) is 16.7. The lowest BCUT2D eigenvalue weighted by Gasteiger charge is -2.28. The van der Waals surface area contributed by atoms with Crippen LogP contribution in [0.15, 0.2) is 36.4 Å². The normalized spacial score (nSPS) is 18.4. The summed E-state index contributed by atoms with van der Waals surface area (Å²) in [6, 6.07) is 9.49. The zero-order chi connectivity index (χ0) is 25.0. The Morgan fingerprint density at radius 2 is 2.03 bits per heavy atom. The van der Waals surface area contributed by atoms with Gasteiger partial charge in [0.05, 0.1) is 24.5 Å². The van der Waals surface area contributed by atoms with Crippen molar-refractivity contribution in [3.8, 4) is 23.3 Å². The molecule has 0 bridgehead atoms. The molecule has 0 saturated carbocycles. The number of piperidine rings is 1. The molecule has 10 heteroatoms. The average molecular weight is 489 g/mol. The van der Waals surface area contributed by atoms with E-state index in [1.807, 2.05) is 19.1 Å². The van der Waals surface area contributed by atoms with E-state index >= 15 is 0 Å². The van der Waals surface area contributed by atoms with Crippen LogP contribution in [0.5, 0.6) is 11.5 Å². The SMILES string of the molecule is Cc1ccc(NC(=O)C2CNc3cc(OC(F)(F)F)ccc3O2)c(C#CCN2CCC(N)CC2)c1. The highest BCUT2D eigenvalue weighted by atomic mass is 19.4. The Morgan fingerprint density at radius 1 is 1.26 bits per heavy atom. The Balaban J connectivity index is 1.40. The fraction of sp³-hybridized carbons (Fsp3) is 0.400. The number of hydrogen-bond acceptors (Lipinski definition) is 6. The summed E-state index contributed by atoms with van der Waals surface area (Å²) in [5.41, 5.74) is 8.55. The van der Waals surface area contributed by atoms with E-state index in [0.29, 0.717) is 23.5 Å². The third kappa shape index (κ3) is 6.81. The lowest BCUT2D eigenvalue weighted by Crippen LogP contribution is -2.41. The minimum atomic E-state index is -4.79. The zero-order valence-electron chi connectivity index (χ0n) is 19.2. The van der Waals surface area contributed by atoms with Gasteiger partial charge in [0, 0.05) is 30.8 Å². The number of aryl methyl sites for hydroxylation is 1. The van der Waals surface area contributed by atoms with Gasteiger partial charge in [-0.2, -0.15) is 0 Å². The molecular weight excluding hydrogens is 461 g/mol. The average Bonchev–Trinajstić information content (AvgIpc) is 2.80. The fourth-order valence-electron chi connectivity index (χ4n) is 3.93. The topological polar surface area (TPSA) is 88.9 Å². The van der Waals surface area contributed by atoms with Crippen molar-refractivity contribution in [2.75, 3.05) is 36.8 Å². The van der Waals surface area contributed by atoms with Crippen LogP contribution in [0.4, 0.5) is 24.5 Å². The highest BCUT2D eigenvalue weighted by Crippen LogP contribution is 2.35. The number of amides is 1. The molecule has 2 aromatic rings. The molecule has 7 nitrogen and oxygen atoms in total. The predicted octanol–water partition coefficient (Wildman–Crippen LogP) is 3.48. The van der Waals surface area contributed by atoms with Crippen LogP contribution in [0, 0.1) is 18.8 Å². The Hall–Kier alpha value is -3.42. The highest BCUT2D eigenvalue weighted by molar-refractivity contribution is 5.96. The number of alkyl halides is 3. The minimum Gasteiger partial charge on any atom is -0.477 e. The number of carbonyl (C=O) groups excluding carboxylic acids is 1. The fourth-order valence-corrected chi connectivity index (χ4v) is 3.93. The number of rotatable bonds is 4. The molecule has 1 unspecified atom stereocenters. The summed E-state index contributed by atoms with van der Waals surface area (Å²) in [5.74, 6) is 5.85. The molecule has 2 aromatic carbocycles.